The molecule has 194 valence electrons. The second-order valence-electron chi connectivity index (χ2n) is 9.28. The van der Waals surface area contributed by atoms with Crippen molar-refractivity contribution in [2.45, 2.75) is 31.8 Å². The van der Waals surface area contributed by atoms with Crippen molar-refractivity contribution in [1.29, 1.82) is 0 Å². The van der Waals surface area contributed by atoms with Crippen LogP contribution in [0.3, 0.4) is 0 Å². The molecule has 1 aromatic heterocycles. The molecule has 11 heteroatoms. The lowest BCUT2D eigenvalue weighted by molar-refractivity contribution is -0.141. The molecule has 9 nitrogen and oxygen atoms in total. The molecule has 2 aliphatic heterocycles. The van der Waals surface area contributed by atoms with Gasteiger partial charge in [0.2, 0.25) is 0 Å². The first-order valence-corrected chi connectivity index (χ1v) is 12.2. The van der Waals surface area contributed by atoms with Gasteiger partial charge in [0.25, 0.3) is 5.91 Å². The zero-order valence-electron chi connectivity index (χ0n) is 20.3. The number of ether oxygens (including phenoxy) is 1. The van der Waals surface area contributed by atoms with Gasteiger partial charge in [-0.2, -0.15) is 0 Å². The van der Waals surface area contributed by atoms with Crippen molar-refractivity contribution < 1.29 is 28.2 Å². The Hall–Kier alpha value is -3.86. The molecule has 37 heavy (non-hydrogen) atoms. The number of nitrogens with one attached hydrogen (secondary N) is 1. The first-order valence-electron chi connectivity index (χ1n) is 12.2. The summed E-state index contributed by atoms with van der Waals surface area (Å²) in [6.45, 7) is 4.61. The van der Waals surface area contributed by atoms with Crippen LogP contribution in [-0.2, 0) is 9.53 Å². The summed E-state index contributed by atoms with van der Waals surface area (Å²) in [5, 5.41) is 12.6. The van der Waals surface area contributed by atoms with Gasteiger partial charge in [-0.15, -0.1) is 0 Å². The van der Waals surface area contributed by atoms with Gasteiger partial charge in [-0.3, -0.25) is 9.78 Å². The van der Waals surface area contributed by atoms with Gasteiger partial charge in [-0.25, -0.2) is 18.6 Å². The summed E-state index contributed by atoms with van der Waals surface area (Å²) in [5.74, 6) is -2.22. The molecule has 0 spiro atoms. The Kier molecular flexibility index (Phi) is 6.88. The quantitative estimate of drug-likeness (QED) is 0.517. The molecule has 2 N–H and O–H groups in total. The number of aliphatic carboxylic acids is 1. The van der Waals surface area contributed by atoms with E-state index in [2.05, 4.69) is 15.2 Å². The first-order chi connectivity index (χ1) is 17.8. The number of morpholine rings is 1. The summed E-state index contributed by atoms with van der Waals surface area (Å²) in [6, 6.07) is 5.04. The molecule has 0 saturated carbocycles. The summed E-state index contributed by atoms with van der Waals surface area (Å²) in [4.78, 5) is 37.9. The fraction of sp³-hybridized carbons (Fsp3) is 0.385. The number of anilines is 2. The predicted molar refractivity (Wildman–Crippen MR) is 133 cm³/mol. The molecule has 1 amide bonds. The van der Waals surface area contributed by atoms with E-state index in [1.807, 2.05) is 0 Å². The minimum atomic E-state index is -1.04. The van der Waals surface area contributed by atoms with Gasteiger partial charge < -0.3 is 25.0 Å². The van der Waals surface area contributed by atoms with E-state index < -0.39 is 35.6 Å². The number of carbonyl (C=O) groups is 2. The van der Waals surface area contributed by atoms with Crippen molar-refractivity contribution >= 4 is 34.4 Å². The molecule has 3 heterocycles. The van der Waals surface area contributed by atoms with Crippen LogP contribution in [0.2, 0.25) is 0 Å². The highest BCUT2D eigenvalue weighted by Gasteiger charge is 2.35. The molecule has 0 bridgehead atoms. The topological polar surface area (TPSA) is 108 Å². The van der Waals surface area contributed by atoms with E-state index in [9.17, 15) is 23.5 Å². The summed E-state index contributed by atoms with van der Waals surface area (Å²) >= 11 is 0. The summed E-state index contributed by atoms with van der Waals surface area (Å²) in [5.41, 5.74) is 2.11. The standard InChI is InChI=1S/C26H27F2N5O4/c1-15(30-19-12-17(27)11-18(28)13-19)20-9-16(25(34)33-4-2-3-22(33)26(35)36)10-21-24(20)31-23(14-29-21)32-5-7-37-8-6-32/h9-15,22,30H,2-8H2,1H3,(H,35,36)/t15?,22-/m1/s1. The number of nitrogens with zero attached hydrogens (tertiary/aromatic N) is 4. The van der Waals surface area contributed by atoms with Crippen molar-refractivity contribution in [3.05, 3.63) is 59.3 Å². The highest BCUT2D eigenvalue weighted by Crippen LogP contribution is 2.30. The maximum atomic E-state index is 13.8. The Morgan fingerprint density at radius 2 is 1.84 bits per heavy atom. The maximum Gasteiger partial charge on any atom is 0.326 e. The number of benzene rings is 2. The molecular weight excluding hydrogens is 484 g/mol. The van der Waals surface area contributed by atoms with E-state index in [0.29, 0.717) is 68.1 Å². The number of carbonyl (C=O) groups excluding carboxylic acids is 1. The van der Waals surface area contributed by atoms with E-state index in [1.165, 1.54) is 17.0 Å². The van der Waals surface area contributed by atoms with Gasteiger partial charge in [-0.1, -0.05) is 0 Å². The fourth-order valence-electron chi connectivity index (χ4n) is 4.93. The van der Waals surface area contributed by atoms with E-state index in [-0.39, 0.29) is 11.3 Å². The molecule has 0 aliphatic carbocycles. The van der Waals surface area contributed by atoms with Gasteiger partial charge in [-0.05, 0) is 44.0 Å². The molecule has 3 aromatic rings. The van der Waals surface area contributed by atoms with Crippen LogP contribution in [0.1, 0.15) is 41.7 Å². The van der Waals surface area contributed by atoms with Crippen molar-refractivity contribution in [2.24, 2.45) is 0 Å². The molecule has 2 aromatic carbocycles. The summed E-state index contributed by atoms with van der Waals surface area (Å²) in [7, 11) is 0. The molecule has 0 radical (unpaired) electrons. The molecular formula is C26H27F2N5O4. The predicted octanol–water partition coefficient (Wildman–Crippen LogP) is 3.61. The number of fused-ring (bicyclic) bond motifs is 1. The Labute approximate surface area is 212 Å². The summed E-state index contributed by atoms with van der Waals surface area (Å²) < 4.78 is 33.1. The third kappa shape index (κ3) is 5.17. The van der Waals surface area contributed by atoms with Crippen LogP contribution < -0.4 is 10.2 Å². The molecule has 2 fully saturated rings. The number of likely N-dealkylation sites (tertiary alicyclic amines) is 1. The van der Waals surface area contributed by atoms with Crippen LogP contribution in [0.15, 0.2) is 36.5 Å². The number of rotatable bonds is 6. The second-order valence-corrected chi connectivity index (χ2v) is 9.28. The van der Waals surface area contributed by atoms with Crippen LogP contribution in [0.25, 0.3) is 11.0 Å². The number of carboxylic acids is 1. The molecule has 2 aliphatic rings. The zero-order valence-corrected chi connectivity index (χ0v) is 20.3. The number of hydrogen-bond acceptors (Lipinski definition) is 7. The number of amides is 1. The number of halogens is 2. The normalized spacial score (nSPS) is 18.7. The average molecular weight is 512 g/mol. The lowest BCUT2D eigenvalue weighted by atomic mass is 10.0. The number of aromatic nitrogens is 2. The van der Waals surface area contributed by atoms with Crippen LogP contribution >= 0.6 is 0 Å². The van der Waals surface area contributed by atoms with Gasteiger partial charge in [0.15, 0.2) is 0 Å². The van der Waals surface area contributed by atoms with Gasteiger partial charge in [0, 0.05) is 42.5 Å². The van der Waals surface area contributed by atoms with E-state index in [0.717, 1.165) is 6.07 Å². The van der Waals surface area contributed by atoms with E-state index in [1.54, 1.807) is 25.3 Å². The van der Waals surface area contributed by atoms with Crippen molar-refractivity contribution in [2.75, 3.05) is 43.1 Å². The van der Waals surface area contributed by atoms with Crippen LogP contribution in [0.4, 0.5) is 20.3 Å². The Morgan fingerprint density at radius 3 is 2.54 bits per heavy atom. The number of carboxylic acid groups (broad SMARTS) is 1. The molecule has 2 atom stereocenters. The van der Waals surface area contributed by atoms with Gasteiger partial charge in [0.05, 0.1) is 36.5 Å². The van der Waals surface area contributed by atoms with E-state index in [4.69, 9.17) is 9.72 Å². The van der Waals surface area contributed by atoms with Crippen molar-refractivity contribution in [3.63, 3.8) is 0 Å². The third-order valence-corrected chi connectivity index (χ3v) is 6.76. The largest absolute Gasteiger partial charge is 0.480 e. The lowest BCUT2D eigenvalue weighted by Gasteiger charge is -2.28. The number of hydrogen-bond donors (Lipinski definition) is 2. The maximum absolute atomic E-state index is 13.8. The SMILES string of the molecule is CC(Nc1cc(F)cc(F)c1)c1cc(C(=O)N2CCC[C@@H]2C(=O)O)cc2ncc(N3CCOCC3)nc12. The molecule has 5 rings (SSSR count). The smallest absolute Gasteiger partial charge is 0.326 e. The molecule has 2 saturated heterocycles. The highest BCUT2D eigenvalue weighted by atomic mass is 19.1. The Morgan fingerprint density at radius 1 is 1.11 bits per heavy atom. The minimum Gasteiger partial charge on any atom is -0.480 e. The average Bonchev–Trinajstić information content (AvgIpc) is 3.37. The third-order valence-electron chi connectivity index (χ3n) is 6.76. The van der Waals surface area contributed by atoms with E-state index >= 15 is 0 Å². The first kappa shape index (κ1) is 24.8. The van der Waals surface area contributed by atoms with Gasteiger partial charge in [0.1, 0.15) is 23.5 Å². The van der Waals surface area contributed by atoms with Crippen LogP contribution in [-0.4, -0.2) is 70.7 Å². The van der Waals surface area contributed by atoms with Crippen molar-refractivity contribution in [1.82, 2.24) is 14.9 Å². The molecule has 1 unspecified atom stereocenters. The van der Waals surface area contributed by atoms with Crippen molar-refractivity contribution in [3.8, 4) is 0 Å². The Balaban J connectivity index is 1.57. The Bertz CT molecular complexity index is 1330. The minimum absolute atomic E-state index is 0.234. The summed E-state index contributed by atoms with van der Waals surface area (Å²) in [6.07, 6.45) is 2.64. The van der Waals surface area contributed by atoms with Gasteiger partial charge >= 0.3 is 5.97 Å². The highest BCUT2D eigenvalue weighted by molar-refractivity contribution is 6.00. The lowest BCUT2D eigenvalue weighted by Crippen LogP contribution is -2.40. The monoisotopic (exact) mass is 511 g/mol. The zero-order chi connectivity index (χ0) is 26.1. The van der Waals surface area contributed by atoms with Crippen LogP contribution in [0, 0.1) is 11.6 Å². The van der Waals surface area contributed by atoms with Crippen LogP contribution in [0.5, 0.6) is 0 Å². The fourth-order valence-corrected chi connectivity index (χ4v) is 4.93. The second kappa shape index (κ2) is 10.3.